The van der Waals surface area contributed by atoms with E-state index in [1.165, 1.54) is 11.8 Å². The van der Waals surface area contributed by atoms with Crippen molar-refractivity contribution in [1.82, 2.24) is 9.88 Å². The Balaban J connectivity index is 1.49. The van der Waals surface area contributed by atoms with Crippen LogP contribution >= 0.6 is 47.2 Å². The van der Waals surface area contributed by atoms with Crippen molar-refractivity contribution < 1.29 is 9.21 Å². The van der Waals surface area contributed by atoms with Gasteiger partial charge in [0.15, 0.2) is 0 Å². The molecule has 3 heterocycles. The van der Waals surface area contributed by atoms with E-state index < -0.39 is 0 Å². The summed E-state index contributed by atoms with van der Waals surface area (Å²) >= 11 is 18.8. The number of nitrogens with zero attached hydrogens (tertiary/aromatic N) is 2. The topological polar surface area (TPSA) is 46.3 Å². The van der Waals surface area contributed by atoms with E-state index in [0.717, 1.165) is 11.3 Å². The van der Waals surface area contributed by atoms with E-state index in [-0.39, 0.29) is 5.91 Å². The second kappa shape index (κ2) is 8.71. The van der Waals surface area contributed by atoms with Crippen LogP contribution in [0.15, 0.2) is 64.1 Å². The highest BCUT2D eigenvalue weighted by molar-refractivity contribution is 8.26. The van der Waals surface area contributed by atoms with Gasteiger partial charge in [0.25, 0.3) is 5.91 Å². The number of benzene rings is 1. The second-order valence-electron chi connectivity index (χ2n) is 6.23. The Hall–Kier alpha value is -2.12. The van der Waals surface area contributed by atoms with Crippen LogP contribution in [0.1, 0.15) is 11.5 Å². The van der Waals surface area contributed by atoms with Crippen LogP contribution in [-0.2, 0) is 11.2 Å². The minimum Gasteiger partial charge on any atom is -0.457 e. The van der Waals surface area contributed by atoms with Gasteiger partial charge in [0.1, 0.15) is 15.8 Å². The zero-order valence-electron chi connectivity index (χ0n) is 15.0. The van der Waals surface area contributed by atoms with Crippen molar-refractivity contribution in [2.75, 3.05) is 6.54 Å². The van der Waals surface area contributed by atoms with E-state index in [0.29, 0.717) is 43.8 Å². The number of furan rings is 1. The molecule has 0 spiro atoms. The van der Waals surface area contributed by atoms with Gasteiger partial charge in [-0.2, -0.15) is 0 Å². The Morgan fingerprint density at radius 3 is 2.79 bits per heavy atom. The lowest BCUT2D eigenvalue weighted by Crippen LogP contribution is -2.30. The quantitative estimate of drug-likeness (QED) is 0.340. The largest absolute Gasteiger partial charge is 0.457 e. The molecule has 8 heteroatoms. The van der Waals surface area contributed by atoms with Crippen LogP contribution in [0.4, 0.5) is 0 Å². The molecule has 29 heavy (non-hydrogen) atoms. The molecule has 0 bridgehead atoms. The molecule has 0 radical (unpaired) electrons. The lowest BCUT2D eigenvalue weighted by Gasteiger charge is -2.13. The summed E-state index contributed by atoms with van der Waals surface area (Å²) in [6.45, 7) is 0.489. The summed E-state index contributed by atoms with van der Waals surface area (Å²) in [5, 5.41) is 1.05. The fourth-order valence-electron chi connectivity index (χ4n) is 2.86. The summed E-state index contributed by atoms with van der Waals surface area (Å²) < 4.78 is 6.39. The number of thioether (sulfide) groups is 1. The smallest absolute Gasteiger partial charge is 0.266 e. The van der Waals surface area contributed by atoms with Gasteiger partial charge in [-0.25, -0.2) is 0 Å². The molecule has 4 rings (SSSR count). The molecule has 0 N–H and O–H groups in total. The number of halogens is 2. The zero-order valence-corrected chi connectivity index (χ0v) is 18.1. The first-order valence-electron chi connectivity index (χ1n) is 8.72. The van der Waals surface area contributed by atoms with Gasteiger partial charge in [0.05, 0.1) is 9.93 Å². The number of pyridine rings is 1. The first-order chi connectivity index (χ1) is 14.0. The van der Waals surface area contributed by atoms with Crippen molar-refractivity contribution in [3.05, 3.63) is 81.1 Å². The van der Waals surface area contributed by atoms with Crippen LogP contribution in [0, 0.1) is 0 Å². The van der Waals surface area contributed by atoms with Crippen LogP contribution in [0.3, 0.4) is 0 Å². The monoisotopic (exact) mass is 460 g/mol. The van der Waals surface area contributed by atoms with Gasteiger partial charge < -0.3 is 4.42 Å². The van der Waals surface area contributed by atoms with Crippen molar-refractivity contribution in [3.63, 3.8) is 0 Å². The third-order valence-electron chi connectivity index (χ3n) is 4.29. The number of thiocarbonyl (C=S) groups is 1. The van der Waals surface area contributed by atoms with Crippen molar-refractivity contribution in [3.8, 4) is 11.3 Å². The molecule has 1 aliphatic rings. The Labute approximate surface area is 187 Å². The van der Waals surface area contributed by atoms with Crippen molar-refractivity contribution in [1.29, 1.82) is 0 Å². The molecule has 146 valence electrons. The van der Waals surface area contributed by atoms with Gasteiger partial charge in [-0.05, 0) is 42.5 Å². The molecule has 1 aliphatic heterocycles. The molecule has 2 aromatic heterocycles. The predicted octanol–water partition coefficient (Wildman–Crippen LogP) is 6.09. The van der Waals surface area contributed by atoms with E-state index in [1.807, 2.05) is 24.3 Å². The molecule has 3 aromatic rings. The van der Waals surface area contributed by atoms with Crippen molar-refractivity contribution in [2.45, 2.75) is 6.42 Å². The highest BCUT2D eigenvalue weighted by Gasteiger charge is 2.32. The van der Waals surface area contributed by atoms with E-state index in [4.69, 9.17) is 39.8 Å². The number of rotatable bonds is 5. The van der Waals surface area contributed by atoms with Gasteiger partial charge in [0, 0.05) is 41.5 Å². The summed E-state index contributed by atoms with van der Waals surface area (Å²) in [4.78, 5) is 19.2. The first kappa shape index (κ1) is 20.2. The molecule has 4 nitrogen and oxygen atoms in total. The number of hydrogen-bond acceptors (Lipinski definition) is 5. The Kier molecular flexibility index (Phi) is 6.06. The third-order valence-corrected chi connectivity index (χ3v) is 6.21. The maximum Gasteiger partial charge on any atom is 0.266 e. The van der Waals surface area contributed by atoms with Crippen molar-refractivity contribution >= 4 is 63.5 Å². The molecule has 0 aliphatic carbocycles. The SMILES string of the molecule is O=C1/C(=C/c2ccc(-c3ccc(Cl)cc3Cl)o2)SC(=S)N1CCc1ccccn1. The van der Waals surface area contributed by atoms with E-state index >= 15 is 0 Å². The first-order valence-corrected chi connectivity index (χ1v) is 10.7. The highest BCUT2D eigenvalue weighted by atomic mass is 35.5. The third kappa shape index (κ3) is 4.56. The molecule has 0 saturated carbocycles. The molecule has 1 fully saturated rings. The van der Waals surface area contributed by atoms with Crippen molar-refractivity contribution in [2.24, 2.45) is 0 Å². The summed E-state index contributed by atoms with van der Waals surface area (Å²) in [6, 6.07) is 14.5. The highest BCUT2D eigenvalue weighted by Crippen LogP contribution is 2.35. The zero-order chi connectivity index (χ0) is 20.4. The Bertz CT molecular complexity index is 1110. The molecule has 1 aromatic carbocycles. The van der Waals surface area contributed by atoms with Gasteiger partial charge in [-0.1, -0.05) is 53.2 Å². The maximum absolute atomic E-state index is 12.8. The van der Waals surface area contributed by atoms with Gasteiger partial charge >= 0.3 is 0 Å². The summed E-state index contributed by atoms with van der Waals surface area (Å²) in [5.41, 5.74) is 1.65. The normalized spacial score (nSPS) is 15.5. The molecule has 0 unspecified atom stereocenters. The summed E-state index contributed by atoms with van der Waals surface area (Å²) in [5.74, 6) is 1.03. The van der Waals surface area contributed by atoms with Gasteiger partial charge in [-0.3, -0.25) is 14.7 Å². The Morgan fingerprint density at radius 2 is 2.03 bits per heavy atom. The molecule has 0 atom stereocenters. The summed E-state index contributed by atoms with van der Waals surface area (Å²) in [6.07, 6.45) is 4.08. The van der Waals surface area contributed by atoms with Gasteiger partial charge in [0.2, 0.25) is 0 Å². The maximum atomic E-state index is 12.8. The predicted molar refractivity (Wildman–Crippen MR) is 122 cm³/mol. The molecular formula is C21H14Cl2N2O2S2. The van der Waals surface area contributed by atoms with Crippen LogP contribution in [-0.4, -0.2) is 26.7 Å². The second-order valence-corrected chi connectivity index (χ2v) is 8.75. The number of hydrogen-bond donors (Lipinski definition) is 0. The standard InChI is InChI=1S/C21H14Cl2N2O2S2/c22-13-4-6-16(17(23)11-13)18-7-5-15(27-18)12-19-20(26)25(21(28)29-19)10-8-14-3-1-2-9-24-14/h1-7,9,11-12H,8,10H2/b19-12-. The van der Waals surface area contributed by atoms with Crippen LogP contribution < -0.4 is 0 Å². The number of carbonyl (C=O) groups excluding carboxylic acids is 1. The fraction of sp³-hybridized carbons (Fsp3) is 0.0952. The minimum absolute atomic E-state index is 0.126. The van der Waals surface area contributed by atoms with E-state index in [2.05, 4.69) is 4.98 Å². The number of amides is 1. The van der Waals surface area contributed by atoms with Crippen LogP contribution in [0.2, 0.25) is 10.0 Å². The van der Waals surface area contributed by atoms with E-state index in [1.54, 1.807) is 41.4 Å². The molecule has 1 amide bonds. The number of aromatic nitrogens is 1. The Morgan fingerprint density at radius 1 is 1.17 bits per heavy atom. The average molecular weight is 461 g/mol. The average Bonchev–Trinajstić information content (AvgIpc) is 3.26. The number of carbonyl (C=O) groups is 1. The lowest BCUT2D eigenvalue weighted by molar-refractivity contribution is -0.122. The molecule has 1 saturated heterocycles. The van der Waals surface area contributed by atoms with Gasteiger partial charge in [-0.15, -0.1) is 0 Å². The fourth-order valence-corrected chi connectivity index (χ4v) is 4.65. The van der Waals surface area contributed by atoms with E-state index in [9.17, 15) is 4.79 Å². The minimum atomic E-state index is -0.126. The van der Waals surface area contributed by atoms with Crippen LogP contribution in [0.5, 0.6) is 0 Å². The lowest BCUT2D eigenvalue weighted by atomic mass is 10.2. The van der Waals surface area contributed by atoms with Crippen LogP contribution in [0.25, 0.3) is 17.4 Å². The molecular weight excluding hydrogens is 447 g/mol. The summed E-state index contributed by atoms with van der Waals surface area (Å²) in [7, 11) is 0.